The molecule has 0 heterocycles. The van der Waals surface area contributed by atoms with Gasteiger partial charge in [-0.1, -0.05) is 207 Å². The quantitative estimate of drug-likeness (QED) is 0.0323. The molecule has 346 valence electrons. The number of allylic oxidation sites excluding steroid dienone is 18. The number of unbranched alkanes of at least 4 members (excludes halogenated alkanes) is 12. The Bertz CT molecular complexity index is 1270. The van der Waals surface area contributed by atoms with E-state index in [1.807, 2.05) is 6.08 Å². The van der Waals surface area contributed by atoms with Crippen molar-refractivity contribution >= 4 is 11.9 Å². The van der Waals surface area contributed by atoms with Crippen molar-refractivity contribution in [2.75, 3.05) is 6.61 Å². The summed E-state index contributed by atoms with van der Waals surface area (Å²) in [7, 11) is 0. The molecule has 0 aromatic carbocycles. The second-order valence-corrected chi connectivity index (χ2v) is 16.1. The van der Waals surface area contributed by atoms with Crippen molar-refractivity contribution < 1.29 is 24.5 Å². The van der Waals surface area contributed by atoms with Crippen LogP contribution in [0, 0.1) is 0 Å². The van der Waals surface area contributed by atoms with Gasteiger partial charge in [0.15, 0.2) is 0 Å². The van der Waals surface area contributed by atoms with Gasteiger partial charge in [-0.05, 0) is 89.9 Å². The summed E-state index contributed by atoms with van der Waals surface area (Å²) in [6.45, 7) is 6.20. The van der Waals surface area contributed by atoms with Gasteiger partial charge in [0, 0.05) is 6.42 Å². The van der Waals surface area contributed by atoms with Crippen LogP contribution in [0.2, 0.25) is 0 Å². The first kappa shape index (κ1) is 57.5. The molecule has 3 atom stereocenters. The molecular weight excluding hydrogens is 755 g/mol. The number of aliphatic hydroxyl groups excluding tert-OH is 2. The number of hydrogen-bond acceptors (Lipinski definition) is 5. The Balaban J connectivity index is 4.82. The molecule has 0 aromatic rings. The third-order valence-electron chi connectivity index (χ3n) is 10.4. The number of hydrogen-bond donors (Lipinski definition) is 3. The van der Waals surface area contributed by atoms with Gasteiger partial charge in [0.2, 0.25) is 5.91 Å². The number of amides is 1. The lowest BCUT2D eigenvalue weighted by Gasteiger charge is -2.24. The third kappa shape index (κ3) is 43.0. The van der Waals surface area contributed by atoms with E-state index in [9.17, 15) is 19.8 Å². The Morgan fingerprint density at radius 2 is 0.885 bits per heavy atom. The number of carbonyl (C=O) groups is 2. The minimum Gasteiger partial charge on any atom is -0.462 e. The van der Waals surface area contributed by atoms with E-state index in [-0.39, 0.29) is 31.3 Å². The van der Waals surface area contributed by atoms with E-state index >= 15 is 0 Å². The average molecular weight is 846 g/mol. The lowest BCUT2D eigenvalue weighted by molar-refractivity contribution is -0.150. The number of carbonyl (C=O) groups excluding carboxylic acids is 2. The molecule has 0 rings (SSSR count). The summed E-state index contributed by atoms with van der Waals surface area (Å²) in [5.74, 6) is -0.639. The molecule has 0 saturated heterocycles. The third-order valence-corrected chi connectivity index (χ3v) is 10.4. The highest BCUT2D eigenvalue weighted by molar-refractivity contribution is 5.77. The summed E-state index contributed by atoms with van der Waals surface area (Å²) in [6, 6.07) is -0.740. The number of ether oxygens (including phenoxy) is 1. The smallest absolute Gasteiger partial charge is 0.306 e. The van der Waals surface area contributed by atoms with Crippen LogP contribution in [0.25, 0.3) is 0 Å². The van der Waals surface area contributed by atoms with Crippen LogP contribution in [0.3, 0.4) is 0 Å². The highest BCUT2D eigenvalue weighted by Gasteiger charge is 2.23. The normalized spacial score (nSPS) is 14.2. The van der Waals surface area contributed by atoms with E-state index in [4.69, 9.17) is 4.74 Å². The monoisotopic (exact) mass is 846 g/mol. The predicted molar refractivity (Wildman–Crippen MR) is 263 cm³/mol. The molecule has 1 amide bonds. The number of rotatable bonds is 42. The maximum absolute atomic E-state index is 13.2. The van der Waals surface area contributed by atoms with Crippen LogP contribution in [-0.2, 0) is 14.3 Å². The molecule has 0 spiro atoms. The Morgan fingerprint density at radius 3 is 1.31 bits per heavy atom. The molecule has 0 aliphatic rings. The Morgan fingerprint density at radius 1 is 0.492 bits per heavy atom. The van der Waals surface area contributed by atoms with E-state index in [0.29, 0.717) is 19.3 Å². The summed E-state index contributed by atoms with van der Waals surface area (Å²) in [4.78, 5) is 26.1. The van der Waals surface area contributed by atoms with Gasteiger partial charge in [-0.25, -0.2) is 0 Å². The van der Waals surface area contributed by atoms with E-state index < -0.39 is 18.2 Å². The SMILES string of the molecule is CC/C=C/C/C=C/C/C=C/C/C=C/C/C=C/CCC(=O)OC(CCC/C=C/C/C=C/C/C=C/C/C=C/CC)CC(=O)NC(CO)C(O)CCCCCCCCCCCCCC. The van der Waals surface area contributed by atoms with Gasteiger partial charge in [0.1, 0.15) is 6.10 Å². The summed E-state index contributed by atoms with van der Waals surface area (Å²) in [5, 5.41) is 23.7. The van der Waals surface area contributed by atoms with Gasteiger partial charge in [0.05, 0.1) is 25.2 Å². The number of nitrogens with one attached hydrogen (secondary N) is 1. The van der Waals surface area contributed by atoms with Crippen LogP contribution >= 0.6 is 0 Å². The minimum absolute atomic E-state index is 0.00341. The van der Waals surface area contributed by atoms with Crippen molar-refractivity contribution in [2.45, 2.75) is 219 Å². The fraction of sp³-hybridized carbons (Fsp3) is 0.636. The van der Waals surface area contributed by atoms with Crippen molar-refractivity contribution in [1.29, 1.82) is 0 Å². The van der Waals surface area contributed by atoms with Crippen molar-refractivity contribution in [2.24, 2.45) is 0 Å². The average Bonchev–Trinajstić information content (AvgIpc) is 3.25. The molecule has 0 fully saturated rings. The molecule has 0 saturated carbocycles. The molecule has 6 heteroatoms. The zero-order chi connectivity index (χ0) is 44.5. The lowest BCUT2D eigenvalue weighted by Crippen LogP contribution is -2.46. The zero-order valence-corrected chi connectivity index (χ0v) is 39.2. The van der Waals surface area contributed by atoms with Gasteiger partial charge in [-0.15, -0.1) is 0 Å². The van der Waals surface area contributed by atoms with Crippen LogP contribution in [0.1, 0.15) is 201 Å². The van der Waals surface area contributed by atoms with Gasteiger partial charge >= 0.3 is 5.97 Å². The molecule has 6 nitrogen and oxygen atoms in total. The first-order chi connectivity index (χ1) is 30.0. The Labute approximate surface area is 375 Å². The summed E-state index contributed by atoms with van der Waals surface area (Å²) < 4.78 is 5.85. The molecule has 0 bridgehead atoms. The van der Waals surface area contributed by atoms with Crippen LogP contribution in [0.15, 0.2) is 109 Å². The van der Waals surface area contributed by atoms with Gasteiger partial charge in [-0.2, -0.15) is 0 Å². The number of aliphatic hydroxyl groups is 2. The topological polar surface area (TPSA) is 95.9 Å². The summed E-state index contributed by atoms with van der Waals surface area (Å²) in [6.07, 6.45) is 64.4. The molecule has 3 N–H and O–H groups in total. The largest absolute Gasteiger partial charge is 0.462 e. The van der Waals surface area contributed by atoms with Crippen molar-refractivity contribution in [3.05, 3.63) is 109 Å². The van der Waals surface area contributed by atoms with Crippen LogP contribution in [0.4, 0.5) is 0 Å². The predicted octanol–water partition coefficient (Wildman–Crippen LogP) is 14.7. The highest BCUT2D eigenvalue weighted by atomic mass is 16.5. The highest BCUT2D eigenvalue weighted by Crippen LogP contribution is 2.16. The zero-order valence-electron chi connectivity index (χ0n) is 39.2. The van der Waals surface area contributed by atoms with Crippen molar-refractivity contribution in [3.63, 3.8) is 0 Å². The van der Waals surface area contributed by atoms with Crippen LogP contribution in [0.5, 0.6) is 0 Å². The first-order valence-corrected chi connectivity index (χ1v) is 24.6. The fourth-order valence-electron chi connectivity index (χ4n) is 6.71. The van der Waals surface area contributed by atoms with E-state index in [1.54, 1.807) is 0 Å². The van der Waals surface area contributed by atoms with E-state index in [2.05, 4.69) is 129 Å². The maximum Gasteiger partial charge on any atom is 0.306 e. The first-order valence-electron chi connectivity index (χ1n) is 24.6. The minimum atomic E-state index is -0.820. The second kappa shape index (κ2) is 47.6. The number of esters is 1. The molecule has 0 aliphatic carbocycles. The van der Waals surface area contributed by atoms with Gasteiger partial charge in [0.25, 0.3) is 0 Å². The second-order valence-electron chi connectivity index (χ2n) is 16.1. The Kier molecular flexibility index (Phi) is 44.9. The Hall–Kier alpha value is -3.48. The van der Waals surface area contributed by atoms with Crippen molar-refractivity contribution in [3.8, 4) is 0 Å². The molecule has 0 aromatic heterocycles. The lowest BCUT2D eigenvalue weighted by atomic mass is 10.0. The van der Waals surface area contributed by atoms with Gasteiger partial charge < -0.3 is 20.3 Å². The molecular formula is C55H91NO5. The van der Waals surface area contributed by atoms with Crippen LogP contribution < -0.4 is 5.32 Å². The maximum atomic E-state index is 13.2. The molecule has 61 heavy (non-hydrogen) atoms. The van der Waals surface area contributed by atoms with Crippen LogP contribution in [-0.4, -0.2) is 46.9 Å². The van der Waals surface area contributed by atoms with Crippen molar-refractivity contribution in [1.82, 2.24) is 5.32 Å². The van der Waals surface area contributed by atoms with Gasteiger partial charge in [-0.3, -0.25) is 9.59 Å². The van der Waals surface area contributed by atoms with E-state index in [1.165, 1.54) is 57.8 Å². The standard InChI is InChI=1S/C55H91NO5/c1-4-7-10-13-16-19-22-25-27-28-30-33-36-39-42-45-48-55(60)61-51(46-43-40-37-34-31-29-26-23-20-17-14-11-8-5-2)49-54(59)56-52(50-57)53(58)47-44-41-38-35-32-24-21-18-15-12-9-6-3/h7-8,10-11,16-17,19-20,25-27,29-30,33-34,37,39,42,51-53,57-58H,4-6,9,12-15,18,21-24,28,31-32,35-36,38,40-41,43-50H2,1-3H3,(H,56,59)/b10-7+,11-8+,19-16+,20-17+,27-25+,29-26+,33-30+,37-34+,42-39+. The molecule has 3 unspecified atom stereocenters. The molecule has 0 radical (unpaired) electrons. The summed E-state index contributed by atoms with van der Waals surface area (Å²) >= 11 is 0. The fourth-order valence-corrected chi connectivity index (χ4v) is 6.71. The van der Waals surface area contributed by atoms with E-state index in [0.717, 1.165) is 89.9 Å². The molecule has 0 aliphatic heterocycles. The summed E-state index contributed by atoms with van der Waals surface area (Å²) in [5.41, 5.74) is 0.